The summed E-state index contributed by atoms with van der Waals surface area (Å²) in [6.07, 6.45) is 1.68. The maximum atomic E-state index is 11.5. The normalized spacial score (nSPS) is 15.1. The maximum absolute atomic E-state index is 11.5. The summed E-state index contributed by atoms with van der Waals surface area (Å²) in [5, 5.41) is 22.7. The molecular weight excluding hydrogens is 326 g/mol. The summed E-state index contributed by atoms with van der Waals surface area (Å²) < 4.78 is 5.30. The first-order valence-electron chi connectivity index (χ1n) is 7.46. The number of thiophene rings is 1. The number of hydrogen-bond acceptors (Lipinski definition) is 6. The molecule has 1 saturated heterocycles. The molecule has 0 spiro atoms. The molecule has 0 bridgehead atoms. The number of nitro groups is 1. The van der Waals surface area contributed by atoms with Gasteiger partial charge in [-0.3, -0.25) is 10.1 Å². The molecule has 2 aromatic rings. The summed E-state index contributed by atoms with van der Waals surface area (Å²) in [5.41, 5.74) is 1.78. The summed E-state index contributed by atoms with van der Waals surface area (Å²) in [4.78, 5) is 13.9. The van der Waals surface area contributed by atoms with Crippen LogP contribution in [0.3, 0.4) is 0 Å². The lowest BCUT2D eigenvalue weighted by Gasteiger charge is -2.28. The van der Waals surface area contributed by atoms with Crippen molar-refractivity contribution in [2.24, 2.45) is 0 Å². The fourth-order valence-corrected chi connectivity index (χ4v) is 3.30. The van der Waals surface area contributed by atoms with E-state index in [9.17, 15) is 15.4 Å². The molecule has 0 N–H and O–H groups in total. The van der Waals surface area contributed by atoms with E-state index in [2.05, 4.69) is 6.07 Å². The van der Waals surface area contributed by atoms with Crippen molar-refractivity contribution in [3.8, 4) is 6.07 Å². The number of ether oxygens (including phenoxy) is 1. The number of rotatable bonds is 4. The number of hydrogen-bond donors (Lipinski definition) is 0. The van der Waals surface area contributed by atoms with E-state index < -0.39 is 0 Å². The van der Waals surface area contributed by atoms with Crippen LogP contribution in [-0.2, 0) is 4.74 Å². The molecule has 1 aromatic heterocycles. The van der Waals surface area contributed by atoms with Crippen LogP contribution in [0, 0.1) is 21.4 Å². The van der Waals surface area contributed by atoms with Gasteiger partial charge in [0.1, 0.15) is 11.8 Å². The van der Waals surface area contributed by atoms with Gasteiger partial charge < -0.3 is 9.64 Å². The van der Waals surface area contributed by atoms with Crippen LogP contribution in [0.4, 0.5) is 11.4 Å². The van der Waals surface area contributed by atoms with E-state index in [1.807, 2.05) is 28.5 Å². The average molecular weight is 341 g/mol. The smallest absolute Gasteiger partial charge is 0.293 e. The largest absolute Gasteiger partial charge is 0.378 e. The lowest BCUT2D eigenvalue weighted by Crippen LogP contribution is -2.36. The molecule has 1 aliphatic rings. The Bertz CT molecular complexity index is 803. The molecule has 7 heteroatoms. The number of nitrogens with zero attached hydrogens (tertiary/aromatic N) is 3. The highest BCUT2D eigenvalue weighted by molar-refractivity contribution is 7.11. The van der Waals surface area contributed by atoms with Crippen LogP contribution in [-0.4, -0.2) is 31.2 Å². The first-order chi connectivity index (χ1) is 11.7. The molecule has 0 amide bonds. The molecule has 0 unspecified atom stereocenters. The average Bonchev–Trinajstić information content (AvgIpc) is 3.14. The fraction of sp³-hybridized carbons (Fsp3) is 0.235. The zero-order valence-corrected chi connectivity index (χ0v) is 13.7. The Morgan fingerprint density at radius 2 is 2.17 bits per heavy atom. The Labute approximate surface area is 143 Å². The Morgan fingerprint density at radius 1 is 1.38 bits per heavy atom. The number of nitro benzene ring substituents is 1. The van der Waals surface area contributed by atoms with Gasteiger partial charge in [0.15, 0.2) is 0 Å². The number of morpholine rings is 1. The van der Waals surface area contributed by atoms with Crippen molar-refractivity contribution in [3.63, 3.8) is 0 Å². The predicted molar refractivity (Wildman–Crippen MR) is 93.9 cm³/mol. The molecule has 0 aliphatic carbocycles. The van der Waals surface area contributed by atoms with Crippen LogP contribution in [0.1, 0.15) is 10.4 Å². The van der Waals surface area contributed by atoms with Crippen molar-refractivity contribution in [2.75, 3.05) is 31.2 Å². The lowest BCUT2D eigenvalue weighted by molar-refractivity contribution is -0.384. The minimum atomic E-state index is -0.376. The van der Waals surface area contributed by atoms with Crippen LogP contribution in [0.25, 0.3) is 11.6 Å². The lowest BCUT2D eigenvalue weighted by atomic mass is 10.1. The topological polar surface area (TPSA) is 79.4 Å². The van der Waals surface area contributed by atoms with E-state index in [4.69, 9.17) is 4.74 Å². The molecule has 1 aliphatic heterocycles. The summed E-state index contributed by atoms with van der Waals surface area (Å²) >= 11 is 1.46. The Kier molecular flexibility index (Phi) is 4.89. The highest BCUT2D eigenvalue weighted by atomic mass is 32.1. The highest BCUT2D eigenvalue weighted by Crippen LogP contribution is 2.31. The summed E-state index contributed by atoms with van der Waals surface area (Å²) in [5.74, 6) is 0. The minimum Gasteiger partial charge on any atom is -0.378 e. The quantitative estimate of drug-likeness (QED) is 0.483. The SMILES string of the molecule is N#C/C(=C\c1ccc(N2CCOCC2)c([N+](=O)[O-])c1)c1cccs1. The minimum absolute atomic E-state index is 0.0501. The van der Waals surface area contributed by atoms with E-state index in [0.717, 1.165) is 4.88 Å². The van der Waals surface area contributed by atoms with Crippen LogP contribution < -0.4 is 4.90 Å². The van der Waals surface area contributed by atoms with Crippen LogP contribution in [0.2, 0.25) is 0 Å². The van der Waals surface area contributed by atoms with Crippen LogP contribution in [0.5, 0.6) is 0 Å². The van der Waals surface area contributed by atoms with Gasteiger partial charge in [0.05, 0.1) is 23.7 Å². The van der Waals surface area contributed by atoms with Crippen LogP contribution in [0.15, 0.2) is 35.7 Å². The van der Waals surface area contributed by atoms with Crippen LogP contribution >= 0.6 is 11.3 Å². The van der Waals surface area contributed by atoms with Gasteiger partial charge in [0.25, 0.3) is 5.69 Å². The molecule has 24 heavy (non-hydrogen) atoms. The van der Waals surface area contributed by atoms with Crippen molar-refractivity contribution >= 4 is 34.4 Å². The second-order valence-electron chi connectivity index (χ2n) is 5.25. The van der Waals surface area contributed by atoms with E-state index in [1.165, 1.54) is 17.4 Å². The molecule has 0 radical (unpaired) electrons. The number of allylic oxidation sites excluding steroid dienone is 1. The zero-order chi connectivity index (χ0) is 16.9. The van der Waals surface area contributed by atoms with Gasteiger partial charge in [-0.15, -0.1) is 11.3 Å². The number of benzene rings is 1. The van der Waals surface area contributed by atoms with Gasteiger partial charge in [0.2, 0.25) is 0 Å². The standard InChI is InChI=1S/C17H15N3O3S/c18-12-14(17-2-1-9-24-17)10-13-3-4-15(16(11-13)20(21)22)19-5-7-23-8-6-19/h1-4,9-11H,5-8H2/b14-10+. The fourth-order valence-electron chi connectivity index (χ4n) is 2.61. The van der Waals surface area contributed by atoms with Gasteiger partial charge in [-0.2, -0.15) is 5.26 Å². The first kappa shape index (κ1) is 16.2. The van der Waals surface area contributed by atoms with E-state index >= 15 is 0 Å². The Balaban J connectivity index is 1.97. The third kappa shape index (κ3) is 3.45. The first-order valence-corrected chi connectivity index (χ1v) is 8.34. The van der Waals surface area contributed by atoms with E-state index in [0.29, 0.717) is 43.1 Å². The second kappa shape index (κ2) is 7.25. The van der Waals surface area contributed by atoms with Gasteiger partial charge in [-0.05, 0) is 29.2 Å². The molecular formula is C17H15N3O3S. The Hall–Kier alpha value is -2.69. The second-order valence-corrected chi connectivity index (χ2v) is 6.20. The monoisotopic (exact) mass is 341 g/mol. The molecule has 6 nitrogen and oxygen atoms in total. The van der Waals surface area contributed by atoms with Gasteiger partial charge >= 0.3 is 0 Å². The zero-order valence-electron chi connectivity index (χ0n) is 12.8. The highest BCUT2D eigenvalue weighted by Gasteiger charge is 2.21. The summed E-state index contributed by atoms with van der Waals surface area (Å²) in [7, 11) is 0. The molecule has 2 heterocycles. The molecule has 1 fully saturated rings. The number of anilines is 1. The molecule has 3 rings (SSSR count). The van der Waals surface area contributed by atoms with Gasteiger partial charge in [-0.1, -0.05) is 12.1 Å². The third-order valence-electron chi connectivity index (χ3n) is 3.77. The van der Waals surface area contributed by atoms with Crippen molar-refractivity contribution < 1.29 is 9.66 Å². The maximum Gasteiger partial charge on any atom is 0.293 e. The summed E-state index contributed by atoms with van der Waals surface area (Å²) in [6, 6.07) is 11.0. The van der Waals surface area contributed by atoms with E-state index in [1.54, 1.807) is 12.1 Å². The molecule has 0 saturated carbocycles. The van der Waals surface area contributed by atoms with Crippen molar-refractivity contribution in [3.05, 3.63) is 56.3 Å². The van der Waals surface area contributed by atoms with Crippen molar-refractivity contribution in [2.45, 2.75) is 0 Å². The number of nitriles is 1. The molecule has 122 valence electrons. The summed E-state index contributed by atoms with van der Waals surface area (Å²) in [6.45, 7) is 2.40. The molecule has 1 aromatic carbocycles. The van der Waals surface area contributed by atoms with Gasteiger partial charge in [0, 0.05) is 24.0 Å². The van der Waals surface area contributed by atoms with E-state index in [-0.39, 0.29) is 10.6 Å². The van der Waals surface area contributed by atoms with Crippen molar-refractivity contribution in [1.82, 2.24) is 0 Å². The Morgan fingerprint density at radius 3 is 2.79 bits per heavy atom. The predicted octanol–water partition coefficient (Wildman–Crippen LogP) is 3.56. The van der Waals surface area contributed by atoms with Crippen molar-refractivity contribution in [1.29, 1.82) is 5.26 Å². The van der Waals surface area contributed by atoms with Gasteiger partial charge in [-0.25, -0.2) is 0 Å². The molecule has 0 atom stereocenters. The third-order valence-corrected chi connectivity index (χ3v) is 4.67.